The SMILES string of the molecule is CC(c1ccc(Cl)cc1)N(C)CC(O)CO. The molecule has 1 aromatic carbocycles. The number of rotatable bonds is 5. The topological polar surface area (TPSA) is 43.7 Å². The summed E-state index contributed by atoms with van der Waals surface area (Å²) in [6, 6.07) is 7.82. The minimum Gasteiger partial charge on any atom is -0.394 e. The summed E-state index contributed by atoms with van der Waals surface area (Å²) in [5.74, 6) is 0. The Morgan fingerprint density at radius 1 is 1.31 bits per heavy atom. The van der Waals surface area contributed by atoms with E-state index in [1.807, 2.05) is 43.1 Å². The lowest BCUT2D eigenvalue weighted by Gasteiger charge is -2.26. The molecule has 0 aromatic heterocycles. The van der Waals surface area contributed by atoms with E-state index >= 15 is 0 Å². The summed E-state index contributed by atoms with van der Waals surface area (Å²) in [6.07, 6.45) is -0.695. The molecule has 0 radical (unpaired) electrons. The van der Waals surface area contributed by atoms with Crippen molar-refractivity contribution in [2.45, 2.75) is 19.1 Å². The molecule has 3 nitrogen and oxygen atoms in total. The minimum absolute atomic E-state index is 0.179. The van der Waals surface area contributed by atoms with Crippen LogP contribution in [0.1, 0.15) is 18.5 Å². The molecule has 0 amide bonds. The molecule has 1 rings (SSSR count). The van der Waals surface area contributed by atoms with E-state index in [0.29, 0.717) is 11.6 Å². The number of benzene rings is 1. The predicted octanol–water partition coefficient (Wildman–Crippen LogP) is 1.69. The molecule has 0 saturated heterocycles. The van der Waals surface area contributed by atoms with E-state index in [1.54, 1.807) is 0 Å². The van der Waals surface area contributed by atoms with Crippen LogP contribution in [-0.2, 0) is 0 Å². The fourth-order valence-electron chi connectivity index (χ4n) is 1.54. The highest BCUT2D eigenvalue weighted by Crippen LogP contribution is 2.20. The third kappa shape index (κ3) is 3.76. The highest BCUT2D eigenvalue weighted by atomic mass is 35.5. The highest BCUT2D eigenvalue weighted by Gasteiger charge is 2.14. The maximum atomic E-state index is 9.36. The van der Waals surface area contributed by atoms with Crippen molar-refractivity contribution in [1.82, 2.24) is 4.90 Å². The van der Waals surface area contributed by atoms with Crippen LogP contribution in [0.15, 0.2) is 24.3 Å². The normalized spacial score (nSPS) is 15.1. The number of hydrogen-bond acceptors (Lipinski definition) is 3. The first-order valence-corrected chi connectivity index (χ1v) is 5.67. The Bertz CT molecular complexity index is 315. The largest absolute Gasteiger partial charge is 0.394 e. The number of aliphatic hydroxyl groups excluding tert-OH is 2. The zero-order valence-corrected chi connectivity index (χ0v) is 10.4. The third-order valence-electron chi connectivity index (χ3n) is 2.72. The van der Waals surface area contributed by atoms with E-state index < -0.39 is 6.10 Å². The molecule has 2 N–H and O–H groups in total. The van der Waals surface area contributed by atoms with Gasteiger partial charge in [-0.2, -0.15) is 0 Å². The van der Waals surface area contributed by atoms with Crippen LogP contribution in [-0.4, -0.2) is 41.4 Å². The van der Waals surface area contributed by atoms with E-state index in [1.165, 1.54) is 0 Å². The molecule has 4 heteroatoms. The van der Waals surface area contributed by atoms with Crippen LogP contribution in [0.5, 0.6) is 0 Å². The summed E-state index contributed by atoms with van der Waals surface area (Å²) < 4.78 is 0. The highest BCUT2D eigenvalue weighted by molar-refractivity contribution is 6.30. The first kappa shape index (κ1) is 13.5. The van der Waals surface area contributed by atoms with Gasteiger partial charge < -0.3 is 10.2 Å². The van der Waals surface area contributed by atoms with Crippen molar-refractivity contribution < 1.29 is 10.2 Å². The number of likely N-dealkylation sites (N-methyl/N-ethyl adjacent to an activating group) is 1. The molecule has 2 atom stereocenters. The van der Waals surface area contributed by atoms with Crippen molar-refractivity contribution in [3.63, 3.8) is 0 Å². The average Bonchev–Trinajstić information content (AvgIpc) is 2.28. The van der Waals surface area contributed by atoms with Crippen molar-refractivity contribution in [2.24, 2.45) is 0 Å². The summed E-state index contributed by atoms with van der Waals surface area (Å²) in [6.45, 7) is 2.28. The first-order valence-electron chi connectivity index (χ1n) is 5.29. The van der Waals surface area contributed by atoms with Gasteiger partial charge in [-0.1, -0.05) is 23.7 Å². The van der Waals surface area contributed by atoms with Gasteiger partial charge in [0.1, 0.15) is 0 Å². The molecular formula is C12H18ClNO2. The molecule has 16 heavy (non-hydrogen) atoms. The van der Waals surface area contributed by atoms with Crippen LogP contribution in [0.2, 0.25) is 5.02 Å². The number of aliphatic hydroxyl groups is 2. The van der Waals surface area contributed by atoms with Crippen molar-refractivity contribution >= 4 is 11.6 Å². The van der Waals surface area contributed by atoms with Gasteiger partial charge in [0.15, 0.2) is 0 Å². The Labute approximate surface area is 101 Å². The Morgan fingerprint density at radius 3 is 2.38 bits per heavy atom. The van der Waals surface area contributed by atoms with Gasteiger partial charge in [0.25, 0.3) is 0 Å². The smallest absolute Gasteiger partial charge is 0.0897 e. The summed E-state index contributed by atoms with van der Waals surface area (Å²) in [5, 5.41) is 18.9. The van der Waals surface area contributed by atoms with Crippen LogP contribution in [0.3, 0.4) is 0 Å². The number of nitrogens with zero attached hydrogens (tertiary/aromatic N) is 1. The summed E-state index contributed by atoms with van der Waals surface area (Å²) in [7, 11) is 1.91. The standard InChI is InChI=1S/C12H18ClNO2/c1-9(14(2)7-12(16)8-15)10-3-5-11(13)6-4-10/h3-6,9,12,15-16H,7-8H2,1-2H3. The van der Waals surface area contributed by atoms with Gasteiger partial charge >= 0.3 is 0 Å². The lowest BCUT2D eigenvalue weighted by molar-refractivity contribution is 0.0566. The zero-order chi connectivity index (χ0) is 12.1. The van der Waals surface area contributed by atoms with Gasteiger partial charge in [-0.15, -0.1) is 0 Å². The van der Waals surface area contributed by atoms with E-state index in [4.69, 9.17) is 16.7 Å². The lowest BCUT2D eigenvalue weighted by atomic mass is 10.1. The molecule has 0 aliphatic rings. The van der Waals surface area contributed by atoms with E-state index in [-0.39, 0.29) is 12.6 Å². The van der Waals surface area contributed by atoms with E-state index in [0.717, 1.165) is 5.56 Å². The molecule has 0 aliphatic heterocycles. The van der Waals surface area contributed by atoms with E-state index in [9.17, 15) is 5.11 Å². The monoisotopic (exact) mass is 243 g/mol. The van der Waals surface area contributed by atoms with Crippen molar-refractivity contribution in [3.8, 4) is 0 Å². The molecule has 0 saturated carbocycles. The quantitative estimate of drug-likeness (QED) is 0.827. The maximum absolute atomic E-state index is 9.36. The van der Waals surface area contributed by atoms with Crippen LogP contribution < -0.4 is 0 Å². The molecule has 0 spiro atoms. The van der Waals surface area contributed by atoms with Crippen molar-refractivity contribution in [1.29, 1.82) is 0 Å². The van der Waals surface area contributed by atoms with E-state index in [2.05, 4.69) is 0 Å². The zero-order valence-electron chi connectivity index (χ0n) is 9.60. The fraction of sp³-hybridized carbons (Fsp3) is 0.500. The van der Waals surface area contributed by atoms with Gasteiger partial charge in [0.2, 0.25) is 0 Å². The molecule has 0 bridgehead atoms. The van der Waals surface area contributed by atoms with Gasteiger partial charge in [-0.3, -0.25) is 4.90 Å². The molecular weight excluding hydrogens is 226 g/mol. The Balaban J connectivity index is 2.62. The Kier molecular flexibility index (Phi) is 5.22. The molecule has 0 aliphatic carbocycles. The van der Waals surface area contributed by atoms with Crippen LogP contribution >= 0.6 is 11.6 Å². The Hall–Kier alpha value is -0.610. The second-order valence-corrected chi connectivity index (χ2v) is 4.44. The van der Waals surface area contributed by atoms with Gasteiger partial charge in [-0.05, 0) is 31.7 Å². The lowest BCUT2D eigenvalue weighted by Crippen LogP contribution is -2.33. The van der Waals surface area contributed by atoms with Crippen LogP contribution in [0, 0.1) is 0 Å². The molecule has 0 fully saturated rings. The Morgan fingerprint density at radius 2 is 1.88 bits per heavy atom. The molecule has 1 aromatic rings. The van der Waals surface area contributed by atoms with Gasteiger partial charge in [0.05, 0.1) is 12.7 Å². The molecule has 90 valence electrons. The fourth-order valence-corrected chi connectivity index (χ4v) is 1.67. The number of hydrogen-bond donors (Lipinski definition) is 2. The van der Waals surface area contributed by atoms with Crippen molar-refractivity contribution in [2.75, 3.05) is 20.2 Å². The van der Waals surface area contributed by atoms with Gasteiger partial charge in [0, 0.05) is 17.6 Å². The summed E-state index contributed by atoms with van der Waals surface area (Å²) >= 11 is 5.82. The predicted molar refractivity (Wildman–Crippen MR) is 65.6 cm³/mol. The second-order valence-electron chi connectivity index (χ2n) is 4.00. The molecule has 0 heterocycles. The first-order chi connectivity index (χ1) is 7.54. The van der Waals surface area contributed by atoms with Crippen LogP contribution in [0.4, 0.5) is 0 Å². The molecule has 2 unspecified atom stereocenters. The number of halogens is 1. The van der Waals surface area contributed by atoms with Crippen LogP contribution in [0.25, 0.3) is 0 Å². The minimum atomic E-state index is -0.695. The summed E-state index contributed by atoms with van der Waals surface area (Å²) in [4.78, 5) is 1.99. The summed E-state index contributed by atoms with van der Waals surface area (Å²) in [5.41, 5.74) is 1.14. The second kappa shape index (κ2) is 6.21. The third-order valence-corrected chi connectivity index (χ3v) is 2.98. The van der Waals surface area contributed by atoms with Crippen molar-refractivity contribution in [3.05, 3.63) is 34.9 Å². The average molecular weight is 244 g/mol. The maximum Gasteiger partial charge on any atom is 0.0897 e. The van der Waals surface area contributed by atoms with Gasteiger partial charge in [-0.25, -0.2) is 0 Å².